The number of benzene rings is 6. The lowest BCUT2D eigenvalue weighted by atomic mass is 10.0. The van der Waals surface area contributed by atoms with Crippen LogP contribution >= 0.6 is 0 Å². The van der Waals surface area contributed by atoms with Crippen molar-refractivity contribution in [1.29, 1.82) is 0 Å². The number of carbonyl (C=O) groups excluding carboxylic acids is 3. The van der Waals surface area contributed by atoms with E-state index in [-0.39, 0.29) is 24.8 Å². The molecule has 0 saturated heterocycles. The molecule has 0 aliphatic heterocycles. The molecule has 0 radical (unpaired) electrons. The first-order chi connectivity index (χ1) is 34.8. The maximum absolute atomic E-state index is 13.2. The van der Waals surface area contributed by atoms with Gasteiger partial charge in [-0.05, 0) is 176 Å². The van der Waals surface area contributed by atoms with E-state index in [2.05, 4.69) is 20.1 Å². The Morgan fingerprint density at radius 2 is 0.930 bits per heavy atom. The molecule has 0 amide bonds. The van der Waals surface area contributed by atoms with E-state index in [9.17, 15) is 14.4 Å². The Hall–Kier alpha value is -7.07. The highest BCUT2D eigenvalue weighted by Gasteiger charge is 2.15. The Bertz CT molecular complexity index is 2600. The second-order valence-corrected chi connectivity index (χ2v) is 17.7. The normalized spacial score (nSPS) is 10.9. The lowest BCUT2D eigenvalue weighted by Crippen LogP contribution is -2.09. The van der Waals surface area contributed by atoms with Crippen molar-refractivity contribution in [3.63, 3.8) is 0 Å². The summed E-state index contributed by atoms with van der Waals surface area (Å²) in [6.07, 6.45) is 18.3. The minimum absolute atomic E-state index is 0.199. The van der Waals surface area contributed by atoms with E-state index < -0.39 is 5.97 Å². The van der Waals surface area contributed by atoms with Crippen LogP contribution in [-0.4, -0.2) is 44.3 Å². The lowest BCUT2D eigenvalue weighted by Gasteiger charge is -2.15. The number of ether oxygens (including phenoxy) is 7. The van der Waals surface area contributed by atoms with E-state index in [0.717, 1.165) is 108 Å². The zero-order valence-corrected chi connectivity index (χ0v) is 41.5. The highest BCUT2D eigenvalue weighted by Crippen LogP contribution is 2.39. The number of aryl methyl sites for hydroxylation is 2. The third-order valence-electron chi connectivity index (χ3n) is 12.0. The number of unbranched alkanes of at least 4 members (excludes halogenated alkanes) is 10. The molecular formula is C61H70O10. The molecular weight excluding hydrogens is 893 g/mol. The third kappa shape index (κ3) is 18.6. The highest BCUT2D eigenvalue weighted by molar-refractivity contribution is 6.11. The monoisotopic (exact) mass is 962 g/mol. The molecule has 0 fully saturated rings. The van der Waals surface area contributed by atoms with Crippen LogP contribution in [0.15, 0.2) is 141 Å². The van der Waals surface area contributed by atoms with Gasteiger partial charge >= 0.3 is 17.9 Å². The standard InChI is InChI=1S/C61H70O10/c1-4-7-9-11-12-16-40-65-49-25-21-47(22-26-49)24-38-61(64)71-54-34-36-56-55-35-33-53(43-48(55)44-58(57(56)45-54)69-52-31-29-51(30-32-52)67-39-15-10-8-5-2)70-60(63)37-23-46-19-27-50(28-20-46)66-41-17-13-14-18-42-68-59(62)6-3/h4,6,19-22,25-36,43-45H,1,3,5,7-18,23-24,37-42H2,2H3. The van der Waals surface area contributed by atoms with E-state index in [1.165, 1.54) is 31.8 Å². The maximum Gasteiger partial charge on any atom is 0.330 e. The first kappa shape index (κ1) is 53.3. The summed E-state index contributed by atoms with van der Waals surface area (Å²) in [5.74, 6) is 3.30. The summed E-state index contributed by atoms with van der Waals surface area (Å²) < 4.78 is 41.1. The third-order valence-corrected chi connectivity index (χ3v) is 12.0. The van der Waals surface area contributed by atoms with Crippen LogP contribution in [0.25, 0.3) is 21.5 Å². The van der Waals surface area contributed by atoms with Gasteiger partial charge in [0.25, 0.3) is 0 Å². The van der Waals surface area contributed by atoms with Crippen molar-refractivity contribution >= 4 is 39.5 Å². The van der Waals surface area contributed by atoms with Crippen LogP contribution in [0.4, 0.5) is 0 Å². The Morgan fingerprint density at radius 3 is 1.46 bits per heavy atom. The molecule has 10 nitrogen and oxygen atoms in total. The van der Waals surface area contributed by atoms with Crippen LogP contribution in [0.2, 0.25) is 0 Å². The molecule has 6 aromatic rings. The van der Waals surface area contributed by atoms with Gasteiger partial charge in [-0.25, -0.2) is 4.79 Å². The fraction of sp³-hybridized carbons (Fsp3) is 0.361. The molecule has 6 aromatic carbocycles. The summed E-state index contributed by atoms with van der Waals surface area (Å²) in [5, 5.41) is 3.37. The molecule has 71 heavy (non-hydrogen) atoms. The van der Waals surface area contributed by atoms with E-state index in [0.29, 0.717) is 62.3 Å². The van der Waals surface area contributed by atoms with Gasteiger partial charge in [0, 0.05) is 24.3 Å². The first-order valence-corrected chi connectivity index (χ1v) is 25.5. The van der Waals surface area contributed by atoms with Crippen molar-refractivity contribution in [3.8, 4) is 40.2 Å². The molecule has 0 saturated carbocycles. The van der Waals surface area contributed by atoms with Crippen LogP contribution in [0.3, 0.4) is 0 Å². The summed E-state index contributed by atoms with van der Waals surface area (Å²) in [4.78, 5) is 37.5. The number of allylic oxidation sites excluding steroid dienone is 1. The summed E-state index contributed by atoms with van der Waals surface area (Å²) in [6.45, 7) is 11.7. The van der Waals surface area contributed by atoms with Crippen LogP contribution < -0.4 is 28.4 Å². The zero-order chi connectivity index (χ0) is 49.9. The molecule has 0 N–H and O–H groups in total. The molecule has 0 atom stereocenters. The van der Waals surface area contributed by atoms with Crippen LogP contribution in [0.1, 0.15) is 114 Å². The van der Waals surface area contributed by atoms with Crippen molar-refractivity contribution in [2.24, 2.45) is 0 Å². The predicted octanol–water partition coefficient (Wildman–Crippen LogP) is 15.0. The molecule has 0 spiro atoms. The average molecular weight is 963 g/mol. The minimum atomic E-state index is -0.391. The fourth-order valence-electron chi connectivity index (χ4n) is 8.02. The number of esters is 3. The van der Waals surface area contributed by atoms with Crippen molar-refractivity contribution in [2.45, 2.75) is 116 Å². The molecule has 0 aliphatic carbocycles. The van der Waals surface area contributed by atoms with Crippen LogP contribution in [0.5, 0.6) is 40.2 Å². The maximum atomic E-state index is 13.2. The average Bonchev–Trinajstić information content (AvgIpc) is 3.39. The number of hydrogen-bond donors (Lipinski definition) is 0. The van der Waals surface area contributed by atoms with Crippen molar-refractivity contribution < 1.29 is 47.5 Å². The van der Waals surface area contributed by atoms with Gasteiger partial charge in [-0.3, -0.25) is 9.59 Å². The fourth-order valence-corrected chi connectivity index (χ4v) is 8.02. The molecule has 6 rings (SSSR count). The van der Waals surface area contributed by atoms with Gasteiger partial charge in [0.1, 0.15) is 40.2 Å². The second-order valence-electron chi connectivity index (χ2n) is 17.7. The summed E-state index contributed by atoms with van der Waals surface area (Å²) >= 11 is 0. The minimum Gasteiger partial charge on any atom is -0.494 e. The van der Waals surface area contributed by atoms with Crippen molar-refractivity contribution in [3.05, 3.63) is 152 Å². The van der Waals surface area contributed by atoms with E-state index in [1.807, 2.05) is 109 Å². The number of hydrogen-bond acceptors (Lipinski definition) is 10. The quantitative estimate of drug-likeness (QED) is 0.00986. The van der Waals surface area contributed by atoms with Crippen LogP contribution in [-0.2, 0) is 32.0 Å². The summed E-state index contributed by atoms with van der Waals surface area (Å²) in [5.41, 5.74) is 2.02. The van der Waals surface area contributed by atoms with Gasteiger partial charge in [0.05, 0.1) is 26.4 Å². The Labute approximate surface area is 419 Å². The summed E-state index contributed by atoms with van der Waals surface area (Å²) in [6, 6.07) is 36.3. The molecule has 0 bridgehead atoms. The largest absolute Gasteiger partial charge is 0.494 e. The number of fused-ring (bicyclic) bond motifs is 3. The first-order valence-electron chi connectivity index (χ1n) is 25.5. The molecule has 0 heterocycles. The molecule has 10 heteroatoms. The van der Waals surface area contributed by atoms with Gasteiger partial charge < -0.3 is 33.2 Å². The van der Waals surface area contributed by atoms with Gasteiger partial charge in [0.15, 0.2) is 0 Å². The number of carbonyl (C=O) groups is 3. The molecule has 0 unspecified atom stereocenters. The zero-order valence-electron chi connectivity index (χ0n) is 41.5. The van der Waals surface area contributed by atoms with E-state index in [1.54, 1.807) is 12.1 Å². The second kappa shape index (κ2) is 29.8. The van der Waals surface area contributed by atoms with Gasteiger partial charge in [-0.2, -0.15) is 0 Å². The highest BCUT2D eigenvalue weighted by atomic mass is 16.5. The van der Waals surface area contributed by atoms with E-state index in [4.69, 9.17) is 33.2 Å². The lowest BCUT2D eigenvalue weighted by molar-refractivity contribution is -0.138. The number of rotatable bonds is 33. The Balaban J connectivity index is 1.06. The molecule has 374 valence electrons. The smallest absolute Gasteiger partial charge is 0.330 e. The SMILES string of the molecule is C=CCCCCCCOc1ccc(CCC(=O)Oc2ccc3c(c2)c(Oc2ccc(OCCCCCC)cc2)cc2cc(OC(=O)CCc4ccc(OCCCCCCOC(=O)C=C)cc4)ccc23)cc1. The Morgan fingerprint density at radius 1 is 0.465 bits per heavy atom. The topological polar surface area (TPSA) is 116 Å². The molecule has 0 aromatic heterocycles. The van der Waals surface area contributed by atoms with E-state index >= 15 is 0 Å². The molecule has 0 aliphatic rings. The van der Waals surface area contributed by atoms with Gasteiger partial charge in [-0.1, -0.05) is 82.0 Å². The Kier molecular flexibility index (Phi) is 22.4. The van der Waals surface area contributed by atoms with Gasteiger partial charge in [-0.15, -0.1) is 6.58 Å². The van der Waals surface area contributed by atoms with Gasteiger partial charge in [0.2, 0.25) is 0 Å². The van der Waals surface area contributed by atoms with Crippen molar-refractivity contribution in [1.82, 2.24) is 0 Å². The van der Waals surface area contributed by atoms with Crippen molar-refractivity contribution in [2.75, 3.05) is 26.4 Å². The summed E-state index contributed by atoms with van der Waals surface area (Å²) in [7, 11) is 0. The predicted molar refractivity (Wildman–Crippen MR) is 282 cm³/mol. The van der Waals surface area contributed by atoms with Crippen LogP contribution in [0, 0.1) is 0 Å².